The van der Waals surface area contributed by atoms with E-state index in [1.165, 1.54) is 26.9 Å². The molecule has 120 valence electrons. The molecule has 1 saturated heterocycles. The number of amides is 1. The van der Waals surface area contributed by atoms with Gasteiger partial charge in [-0.25, -0.2) is 4.79 Å². The quantitative estimate of drug-likeness (QED) is 0.682. The molecule has 2 atom stereocenters. The number of hydrogen-bond acceptors (Lipinski definition) is 5. The molecule has 0 radical (unpaired) electrons. The van der Waals surface area contributed by atoms with E-state index in [4.69, 9.17) is 0 Å². The summed E-state index contributed by atoms with van der Waals surface area (Å²) < 4.78 is 4.61. The predicted molar refractivity (Wildman–Crippen MR) is 77.5 cm³/mol. The summed E-state index contributed by atoms with van der Waals surface area (Å²) in [6.45, 7) is 3.82. The summed E-state index contributed by atoms with van der Waals surface area (Å²) in [5.74, 6) is 0.0896. The number of ether oxygens (including phenoxy) is 1. The Hall–Kier alpha value is -1.14. The van der Waals surface area contributed by atoms with Crippen LogP contribution in [0.1, 0.15) is 32.6 Å². The van der Waals surface area contributed by atoms with E-state index in [0.717, 1.165) is 25.9 Å². The smallest absolute Gasteiger partial charge is 0.338 e. The van der Waals surface area contributed by atoms with Gasteiger partial charge in [0.25, 0.3) is 0 Å². The van der Waals surface area contributed by atoms with Crippen molar-refractivity contribution in [3.8, 4) is 0 Å². The van der Waals surface area contributed by atoms with Gasteiger partial charge in [-0.1, -0.05) is 0 Å². The Labute approximate surface area is 125 Å². The molecule has 0 aromatic heterocycles. The summed E-state index contributed by atoms with van der Waals surface area (Å²) in [4.78, 5) is 25.6. The van der Waals surface area contributed by atoms with Gasteiger partial charge in [0.1, 0.15) is 0 Å². The van der Waals surface area contributed by atoms with Crippen LogP contribution in [0.25, 0.3) is 0 Å². The van der Waals surface area contributed by atoms with Crippen LogP contribution in [0.5, 0.6) is 0 Å². The number of hydrogen-bond donors (Lipinski definition) is 2. The molecule has 2 fully saturated rings. The normalized spacial score (nSPS) is 26.0. The highest BCUT2D eigenvalue weighted by Gasteiger charge is 2.36. The number of piperidine rings is 1. The number of methoxy groups -OCH3 is 1. The fourth-order valence-corrected chi connectivity index (χ4v) is 2.84. The minimum atomic E-state index is -1.53. The van der Waals surface area contributed by atoms with Crippen LogP contribution in [0.2, 0.25) is 0 Å². The molecule has 6 heteroatoms. The fraction of sp³-hybridized carbons (Fsp3) is 0.867. The number of nitrogens with one attached hydrogen (secondary N) is 1. The van der Waals surface area contributed by atoms with Gasteiger partial charge in [-0.15, -0.1) is 0 Å². The summed E-state index contributed by atoms with van der Waals surface area (Å²) in [6.07, 6.45) is 4.21. The van der Waals surface area contributed by atoms with Crippen molar-refractivity contribution in [3.63, 3.8) is 0 Å². The molecule has 1 heterocycles. The van der Waals surface area contributed by atoms with Gasteiger partial charge >= 0.3 is 5.97 Å². The molecule has 2 rings (SSSR count). The van der Waals surface area contributed by atoms with Crippen LogP contribution >= 0.6 is 0 Å². The van der Waals surface area contributed by atoms with Gasteiger partial charge < -0.3 is 15.2 Å². The molecular formula is C15H26N2O4. The van der Waals surface area contributed by atoms with Crippen molar-refractivity contribution in [2.75, 3.05) is 33.3 Å². The number of carbonyl (C=O) groups is 2. The highest BCUT2D eigenvalue weighted by molar-refractivity contribution is 5.79. The first-order valence-electron chi connectivity index (χ1n) is 7.73. The first-order valence-corrected chi connectivity index (χ1v) is 7.73. The van der Waals surface area contributed by atoms with E-state index in [9.17, 15) is 14.7 Å². The molecule has 2 N–H and O–H groups in total. The van der Waals surface area contributed by atoms with Crippen molar-refractivity contribution in [2.24, 2.45) is 11.8 Å². The van der Waals surface area contributed by atoms with Crippen molar-refractivity contribution < 1.29 is 19.4 Å². The Morgan fingerprint density at radius 1 is 1.38 bits per heavy atom. The Kier molecular flexibility index (Phi) is 5.22. The number of rotatable bonds is 6. The second kappa shape index (κ2) is 6.75. The van der Waals surface area contributed by atoms with E-state index >= 15 is 0 Å². The van der Waals surface area contributed by atoms with Gasteiger partial charge in [-0.05, 0) is 45.1 Å². The maximum absolute atomic E-state index is 12.1. The zero-order valence-electron chi connectivity index (χ0n) is 12.9. The van der Waals surface area contributed by atoms with Crippen LogP contribution in [0.4, 0.5) is 0 Å². The van der Waals surface area contributed by atoms with Gasteiger partial charge in [0, 0.05) is 19.6 Å². The second-order valence-corrected chi connectivity index (χ2v) is 6.53. The average Bonchev–Trinajstić information content (AvgIpc) is 3.27. The molecule has 0 spiro atoms. The van der Waals surface area contributed by atoms with Gasteiger partial charge in [0.15, 0.2) is 5.60 Å². The topological polar surface area (TPSA) is 78.9 Å². The molecule has 21 heavy (non-hydrogen) atoms. The third kappa shape index (κ3) is 4.68. The standard InChI is InChI=1S/C15H26N2O4/c1-15(20,14(19)21-2)10-17-7-3-4-12(9-17)13(18)16-8-11-5-6-11/h11-12,20H,3-10H2,1-2H3,(H,16,18)/t12-,15-/m1/s1. The Bertz CT molecular complexity index is 393. The van der Waals surface area contributed by atoms with Gasteiger partial charge in [0.05, 0.1) is 13.0 Å². The van der Waals surface area contributed by atoms with Crippen molar-refractivity contribution in [1.82, 2.24) is 10.2 Å². The SMILES string of the molecule is COC(=O)[C@](C)(O)CN1CCC[C@@H](C(=O)NCC2CC2)C1. The van der Waals surface area contributed by atoms with Crippen molar-refractivity contribution in [1.29, 1.82) is 0 Å². The summed E-state index contributed by atoms with van der Waals surface area (Å²) in [7, 11) is 1.27. The Balaban J connectivity index is 1.81. The van der Waals surface area contributed by atoms with E-state index in [1.807, 2.05) is 4.90 Å². The molecule has 6 nitrogen and oxygen atoms in total. The number of likely N-dealkylation sites (tertiary alicyclic amines) is 1. The van der Waals surface area contributed by atoms with Gasteiger partial charge in [0.2, 0.25) is 5.91 Å². The Morgan fingerprint density at radius 3 is 2.71 bits per heavy atom. The maximum atomic E-state index is 12.1. The third-order valence-corrected chi connectivity index (χ3v) is 4.29. The lowest BCUT2D eigenvalue weighted by Crippen LogP contribution is -2.51. The molecule has 1 saturated carbocycles. The minimum absolute atomic E-state index is 0.0500. The monoisotopic (exact) mass is 298 g/mol. The van der Waals surface area contributed by atoms with Crippen LogP contribution in [0, 0.1) is 11.8 Å². The van der Waals surface area contributed by atoms with Crippen molar-refractivity contribution in [3.05, 3.63) is 0 Å². The number of β-amino-alcohol motifs (C(OH)–C–C–N with tert-alkyl or cyclic N) is 1. The minimum Gasteiger partial charge on any atom is -0.467 e. The number of aliphatic hydroxyl groups is 1. The lowest BCUT2D eigenvalue weighted by molar-refractivity contribution is -0.162. The highest BCUT2D eigenvalue weighted by atomic mass is 16.5. The fourth-order valence-electron chi connectivity index (χ4n) is 2.84. The zero-order valence-corrected chi connectivity index (χ0v) is 12.9. The summed E-state index contributed by atoms with van der Waals surface area (Å²) in [5.41, 5.74) is -1.53. The van der Waals surface area contributed by atoms with Crippen LogP contribution in [0.3, 0.4) is 0 Å². The predicted octanol–water partition coefficient (Wildman–Crippen LogP) is 0.149. The highest BCUT2D eigenvalue weighted by Crippen LogP contribution is 2.28. The molecule has 1 aliphatic heterocycles. The van der Waals surface area contributed by atoms with Crippen molar-refractivity contribution >= 4 is 11.9 Å². The van der Waals surface area contributed by atoms with Crippen LogP contribution < -0.4 is 5.32 Å². The van der Waals surface area contributed by atoms with E-state index in [1.54, 1.807) is 0 Å². The molecule has 0 aromatic rings. The molecule has 1 amide bonds. The van der Waals surface area contributed by atoms with E-state index in [2.05, 4.69) is 10.1 Å². The molecule has 0 unspecified atom stereocenters. The number of esters is 1. The van der Waals surface area contributed by atoms with Crippen molar-refractivity contribution in [2.45, 2.75) is 38.2 Å². The van der Waals surface area contributed by atoms with E-state index in [-0.39, 0.29) is 18.4 Å². The largest absolute Gasteiger partial charge is 0.467 e. The maximum Gasteiger partial charge on any atom is 0.338 e. The van der Waals surface area contributed by atoms with Crippen LogP contribution in [-0.2, 0) is 14.3 Å². The van der Waals surface area contributed by atoms with Gasteiger partial charge in [-0.3, -0.25) is 9.69 Å². The van der Waals surface area contributed by atoms with Crippen LogP contribution in [-0.4, -0.2) is 60.8 Å². The van der Waals surface area contributed by atoms with E-state index in [0.29, 0.717) is 12.5 Å². The lowest BCUT2D eigenvalue weighted by atomic mass is 9.95. The Morgan fingerprint density at radius 2 is 2.10 bits per heavy atom. The lowest BCUT2D eigenvalue weighted by Gasteiger charge is -2.35. The van der Waals surface area contributed by atoms with Crippen LogP contribution in [0.15, 0.2) is 0 Å². The first-order chi connectivity index (χ1) is 9.92. The average molecular weight is 298 g/mol. The second-order valence-electron chi connectivity index (χ2n) is 6.53. The molecule has 2 aliphatic rings. The molecule has 0 aromatic carbocycles. The van der Waals surface area contributed by atoms with E-state index < -0.39 is 11.6 Å². The number of nitrogens with zero attached hydrogens (tertiary/aromatic N) is 1. The zero-order chi connectivity index (χ0) is 15.5. The number of carbonyl (C=O) groups excluding carboxylic acids is 2. The molecule has 0 bridgehead atoms. The summed E-state index contributed by atoms with van der Waals surface area (Å²) >= 11 is 0. The summed E-state index contributed by atoms with van der Waals surface area (Å²) in [6, 6.07) is 0. The first kappa shape index (κ1) is 16.2. The summed E-state index contributed by atoms with van der Waals surface area (Å²) in [5, 5.41) is 13.1. The molecule has 1 aliphatic carbocycles. The van der Waals surface area contributed by atoms with Gasteiger partial charge in [-0.2, -0.15) is 0 Å². The molecular weight excluding hydrogens is 272 g/mol. The third-order valence-electron chi connectivity index (χ3n) is 4.29.